The average molecular weight is 509 g/mol. The molecule has 36 heavy (non-hydrogen) atoms. The Kier molecular flexibility index (Phi) is 6.18. The highest BCUT2D eigenvalue weighted by molar-refractivity contribution is 7.89. The van der Waals surface area contributed by atoms with E-state index in [4.69, 9.17) is 9.88 Å². The monoisotopic (exact) mass is 509 g/mol. The van der Waals surface area contributed by atoms with E-state index in [2.05, 4.69) is 5.32 Å². The summed E-state index contributed by atoms with van der Waals surface area (Å²) in [7, 11) is -4.02. The first kappa shape index (κ1) is 24.4. The number of esters is 1. The van der Waals surface area contributed by atoms with Gasteiger partial charge in [0, 0.05) is 22.4 Å². The van der Waals surface area contributed by atoms with Crippen molar-refractivity contribution >= 4 is 44.8 Å². The van der Waals surface area contributed by atoms with E-state index in [1.807, 2.05) is 0 Å². The van der Waals surface area contributed by atoms with Crippen molar-refractivity contribution in [1.82, 2.24) is 0 Å². The summed E-state index contributed by atoms with van der Waals surface area (Å²) in [5.74, 6) is -3.56. The van der Waals surface area contributed by atoms with Crippen LogP contribution in [0.3, 0.4) is 0 Å². The van der Waals surface area contributed by atoms with Crippen molar-refractivity contribution in [3.63, 3.8) is 0 Å². The fraction of sp³-hybridized carbons (Fsp3) is 0.0435. The summed E-state index contributed by atoms with van der Waals surface area (Å²) >= 11 is 0. The first-order valence-corrected chi connectivity index (χ1v) is 11.6. The molecule has 0 aromatic heterocycles. The van der Waals surface area contributed by atoms with Crippen LogP contribution < -0.4 is 10.5 Å². The third kappa shape index (κ3) is 4.47. The largest absolute Gasteiger partial charge is 0.452 e. The zero-order chi connectivity index (χ0) is 26.2. The standard InChI is InChI=1S/C23H15N3O9S/c24-36(33,34)13-5-3-4-12(10-13)25-18(27)11-35-23(30)17-9-8-16-19(20(17)26(31)32)22(29)15-7-2-1-6-14(15)21(16)28/h1-10H,11H2,(H,25,27)(H2,24,33,34). The number of benzene rings is 3. The minimum Gasteiger partial charge on any atom is -0.452 e. The summed E-state index contributed by atoms with van der Waals surface area (Å²) in [5.41, 5.74) is -2.20. The van der Waals surface area contributed by atoms with Crippen LogP contribution in [0.2, 0.25) is 0 Å². The van der Waals surface area contributed by atoms with E-state index in [1.165, 1.54) is 36.4 Å². The molecule has 0 aliphatic heterocycles. The fourth-order valence-corrected chi connectivity index (χ4v) is 4.24. The minimum absolute atomic E-state index is 0.0373. The number of nitro benzene ring substituents is 1. The lowest BCUT2D eigenvalue weighted by atomic mass is 9.82. The van der Waals surface area contributed by atoms with Crippen LogP contribution in [0, 0.1) is 10.1 Å². The number of carbonyl (C=O) groups excluding carboxylic acids is 4. The molecule has 0 unspecified atom stereocenters. The summed E-state index contributed by atoms with van der Waals surface area (Å²) in [5, 5.41) is 19.2. The molecule has 4 rings (SSSR count). The van der Waals surface area contributed by atoms with Gasteiger partial charge in [-0.05, 0) is 30.3 Å². The zero-order valence-electron chi connectivity index (χ0n) is 18.1. The maximum Gasteiger partial charge on any atom is 0.345 e. The van der Waals surface area contributed by atoms with E-state index >= 15 is 0 Å². The highest BCUT2D eigenvalue weighted by Crippen LogP contribution is 2.35. The summed E-state index contributed by atoms with van der Waals surface area (Å²) < 4.78 is 27.8. The molecule has 0 atom stereocenters. The zero-order valence-corrected chi connectivity index (χ0v) is 18.9. The molecule has 1 aliphatic carbocycles. The number of ketones is 2. The molecule has 0 fully saturated rings. The number of carbonyl (C=O) groups is 4. The van der Waals surface area contributed by atoms with Gasteiger partial charge in [0.05, 0.1) is 9.82 Å². The molecule has 3 N–H and O–H groups in total. The second-order valence-electron chi connectivity index (χ2n) is 7.54. The molecule has 1 aliphatic rings. The highest BCUT2D eigenvalue weighted by Gasteiger charge is 2.39. The van der Waals surface area contributed by atoms with Crippen molar-refractivity contribution in [2.24, 2.45) is 5.14 Å². The number of hydrogen-bond donors (Lipinski definition) is 2. The molecular weight excluding hydrogens is 494 g/mol. The van der Waals surface area contributed by atoms with E-state index in [1.54, 1.807) is 6.07 Å². The van der Waals surface area contributed by atoms with Crippen molar-refractivity contribution in [3.05, 3.63) is 98.6 Å². The topological polar surface area (TPSA) is 193 Å². The van der Waals surface area contributed by atoms with Gasteiger partial charge in [-0.15, -0.1) is 0 Å². The third-order valence-corrected chi connectivity index (χ3v) is 6.16. The number of rotatable bonds is 6. The van der Waals surface area contributed by atoms with E-state index in [9.17, 15) is 37.7 Å². The van der Waals surface area contributed by atoms with E-state index in [-0.39, 0.29) is 27.3 Å². The van der Waals surface area contributed by atoms with Gasteiger partial charge in [-0.25, -0.2) is 18.4 Å². The SMILES string of the molecule is NS(=O)(=O)c1cccc(NC(=O)COC(=O)c2ccc3c(c2[N+](=O)[O-])C(=O)c2ccccc2C3=O)c1. The van der Waals surface area contributed by atoms with Crippen LogP contribution in [0.25, 0.3) is 0 Å². The van der Waals surface area contributed by atoms with Gasteiger partial charge in [-0.1, -0.05) is 30.3 Å². The lowest BCUT2D eigenvalue weighted by Crippen LogP contribution is -2.25. The molecule has 3 aromatic rings. The summed E-state index contributed by atoms with van der Waals surface area (Å²) in [6, 6.07) is 12.9. The predicted molar refractivity (Wildman–Crippen MR) is 123 cm³/mol. The van der Waals surface area contributed by atoms with Crippen molar-refractivity contribution < 1.29 is 37.3 Å². The normalized spacial score (nSPS) is 12.4. The smallest absolute Gasteiger partial charge is 0.345 e. The maximum atomic E-state index is 13.0. The van der Waals surface area contributed by atoms with Crippen molar-refractivity contribution in [2.45, 2.75) is 4.90 Å². The number of hydrogen-bond acceptors (Lipinski definition) is 9. The minimum atomic E-state index is -4.02. The van der Waals surface area contributed by atoms with Gasteiger partial charge in [-0.2, -0.15) is 0 Å². The molecule has 182 valence electrons. The molecule has 0 bridgehead atoms. The third-order valence-electron chi connectivity index (χ3n) is 5.25. The van der Waals surface area contributed by atoms with E-state index < -0.39 is 61.8 Å². The second kappa shape index (κ2) is 9.13. The molecule has 0 radical (unpaired) electrons. The number of fused-ring (bicyclic) bond motifs is 2. The van der Waals surface area contributed by atoms with Crippen LogP contribution in [-0.2, 0) is 19.6 Å². The second-order valence-corrected chi connectivity index (χ2v) is 9.10. The Morgan fingerprint density at radius 2 is 1.61 bits per heavy atom. The molecule has 0 saturated heterocycles. The molecule has 0 saturated carbocycles. The Morgan fingerprint density at radius 1 is 0.944 bits per heavy atom. The Bertz CT molecular complexity index is 1600. The van der Waals surface area contributed by atoms with Gasteiger partial charge in [0.2, 0.25) is 15.8 Å². The fourth-order valence-electron chi connectivity index (χ4n) is 3.68. The molecule has 1 amide bonds. The average Bonchev–Trinajstić information content (AvgIpc) is 2.84. The number of sulfonamides is 1. The van der Waals surface area contributed by atoms with Crippen LogP contribution in [0.5, 0.6) is 0 Å². The maximum absolute atomic E-state index is 13.0. The molecule has 3 aromatic carbocycles. The predicted octanol–water partition coefficient (Wildman–Crippen LogP) is 1.81. The molecule has 13 heteroatoms. The van der Waals surface area contributed by atoms with Gasteiger partial charge >= 0.3 is 5.97 Å². The molecule has 0 spiro atoms. The number of nitrogens with two attached hydrogens (primary N) is 1. The van der Waals surface area contributed by atoms with Crippen molar-refractivity contribution in [3.8, 4) is 0 Å². The number of amides is 1. The van der Waals surface area contributed by atoms with Crippen LogP contribution >= 0.6 is 0 Å². The van der Waals surface area contributed by atoms with Crippen LogP contribution in [0.4, 0.5) is 11.4 Å². The Morgan fingerprint density at radius 3 is 2.25 bits per heavy atom. The number of ether oxygens (including phenoxy) is 1. The van der Waals surface area contributed by atoms with Gasteiger partial charge in [0.15, 0.2) is 12.4 Å². The van der Waals surface area contributed by atoms with E-state index in [0.29, 0.717) is 0 Å². The first-order valence-electron chi connectivity index (χ1n) is 10.1. The van der Waals surface area contributed by atoms with Gasteiger partial charge in [-0.3, -0.25) is 24.5 Å². The molecule has 12 nitrogen and oxygen atoms in total. The number of nitrogens with zero attached hydrogens (tertiary/aromatic N) is 1. The van der Waals surface area contributed by atoms with Gasteiger partial charge in [0.25, 0.3) is 11.6 Å². The summed E-state index contributed by atoms with van der Waals surface area (Å²) in [6.07, 6.45) is 0. The number of anilines is 1. The Hall–Kier alpha value is -4.75. The summed E-state index contributed by atoms with van der Waals surface area (Å²) in [4.78, 5) is 61.2. The number of nitro groups is 1. The Labute approximate surface area is 202 Å². The lowest BCUT2D eigenvalue weighted by Gasteiger charge is -2.18. The van der Waals surface area contributed by atoms with Crippen LogP contribution in [-0.4, -0.2) is 43.4 Å². The van der Waals surface area contributed by atoms with Crippen LogP contribution in [0.1, 0.15) is 42.2 Å². The highest BCUT2D eigenvalue weighted by atomic mass is 32.2. The lowest BCUT2D eigenvalue weighted by molar-refractivity contribution is -0.385. The van der Waals surface area contributed by atoms with E-state index in [0.717, 1.165) is 18.2 Å². The molecular formula is C23H15N3O9S. The first-order chi connectivity index (χ1) is 17.0. The molecule has 0 heterocycles. The van der Waals surface area contributed by atoms with Crippen molar-refractivity contribution in [2.75, 3.05) is 11.9 Å². The van der Waals surface area contributed by atoms with Crippen molar-refractivity contribution in [1.29, 1.82) is 0 Å². The van der Waals surface area contributed by atoms with Gasteiger partial charge in [0.1, 0.15) is 11.1 Å². The Balaban J connectivity index is 1.58. The van der Waals surface area contributed by atoms with Gasteiger partial charge < -0.3 is 10.1 Å². The summed E-state index contributed by atoms with van der Waals surface area (Å²) in [6.45, 7) is -0.887. The number of primary sulfonamides is 1. The quantitative estimate of drug-likeness (QED) is 0.221. The number of nitrogens with one attached hydrogen (secondary N) is 1. The van der Waals surface area contributed by atoms with Crippen LogP contribution in [0.15, 0.2) is 65.6 Å².